The average Bonchev–Trinajstić information content (AvgIpc) is 2.19. The molecule has 0 bridgehead atoms. The number of hydrogen-bond donors (Lipinski definition) is 2. The van der Waals surface area contributed by atoms with Crippen LogP contribution in [0.5, 0.6) is 0 Å². The monoisotopic (exact) mass is 237 g/mol. The first kappa shape index (κ1) is 12.4. The summed E-state index contributed by atoms with van der Waals surface area (Å²) in [5, 5.41) is 3.04. The molecule has 0 atom stereocenters. The van der Waals surface area contributed by atoms with Crippen LogP contribution in [0.25, 0.3) is 0 Å². The third-order valence-corrected chi connectivity index (χ3v) is 2.33. The van der Waals surface area contributed by atoms with Crippen LogP contribution in [-0.4, -0.2) is 30.0 Å². The predicted molar refractivity (Wildman–Crippen MR) is 69.6 cm³/mol. The molecule has 1 aromatic rings. The van der Waals surface area contributed by atoms with E-state index in [-0.39, 0.29) is 11.0 Å². The van der Waals surface area contributed by atoms with E-state index in [0.717, 1.165) is 11.3 Å². The molecule has 0 radical (unpaired) electrons. The van der Waals surface area contributed by atoms with Gasteiger partial charge in [0.2, 0.25) is 0 Å². The lowest BCUT2D eigenvalue weighted by molar-refractivity contribution is 0.0827. The lowest BCUT2D eigenvalue weighted by atomic mass is 10.1. The summed E-state index contributed by atoms with van der Waals surface area (Å²) in [5.74, 6) is -0.0379. The lowest BCUT2D eigenvalue weighted by Gasteiger charge is -2.15. The van der Waals surface area contributed by atoms with Crippen molar-refractivity contribution in [3.8, 4) is 0 Å². The summed E-state index contributed by atoms with van der Waals surface area (Å²) in [7, 11) is 3.44. The number of rotatable bonds is 2. The van der Waals surface area contributed by atoms with E-state index in [0.29, 0.717) is 5.56 Å². The number of carbonyl (C=O) groups is 1. The summed E-state index contributed by atoms with van der Waals surface area (Å²) in [4.78, 5) is 13.4. The van der Waals surface area contributed by atoms with Crippen molar-refractivity contribution in [1.82, 2.24) is 4.90 Å². The standard InChI is InChI=1S/C11H15N3OS/c1-7-8(10(15)14(2)3)5-4-6-9(7)13-11(12)16/h4-6H,1-3H3,(H3,12,13,16). The van der Waals surface area contributed by atoms with Crippen molar-refractivity contribution in [3.05, 3.63) is 29.3 Å². The van der Waals surface area contributed by atoms with E-state index < -0.39 is 0 Å². The van der Waals surface area contributed by atoms with Crippen LogP contribution in [0.15, 0.2) is 18.2 Å². The van der Waals surface area contributed by atoms with E-state index in [1.165, 1.54) is 4.90 Å². The van der Waals surface area contributed by atoms with Gasteiger partial charge in [-0.1, -0.05) is 6.07 Å². The van der Waals surface area contributed by atoms with Crippen molar-refractivity contribution in [2.75, 3.05) is 19.4 Å². The number of thiocarbonyl (C=S) groups is 1. The summed E-state index contributed by atoms with van der Waals surface area (Å²) >= 11 is 4.77. The van der Waals surface area contributed by atoms with Gasteiger partial charge in [-0.25, -0.2) is 0 Å². The molecule has 16 heavy (non-hydrogen) atoms. The highest BCUT2D eigenvalue weighted by atomic mass is 32.1. The van der Waals surface area contributed by atoms with Gasteiger partial charge < -0.3 is 16.0 Å². The number of amides is 1. The quantitative estimate of drug-likeness (QED) is 0.762. The van der Waals surface area contributed by atoms with Gasteiger partial charge in [-0.3, -0.25) is 4.79 Å². The molecule has 0 aliphatic heterocycles. The molecule has 0 aliphatic carbocycles. The zero-order valence-corrected chi connectivity index (χ0v) is 10.4. The Kier molecular flexibility index (Phi) is 3.84. The van der Waals surface area contributed by atoms with E-state index in [4.69, 9.17) is 18.0 Å². The van der Waals surface area contributed by atoms with Crippen molar-refractivity contribution >= 4 is 28.9 Å². The minimum atomic E-state index is -0.0379. The van der Waals surface area contributed by atoms with Crippen LogP contribution in [0.3, 0.4) is 0 Å². The van der Waals surface area contributed by atoms with Crippen molar-refractivity contribution in [1.29, 1.82) is 0 Å². The minimum Gasteiger partial charge on any atom is -0.376 e. The molecule has 0 saturated heterocycles. The largest absolute Gasteiger partial charge is 0.376 e. The van der Waals surface area contributed by atoms with Gasteiger partial charge in [0.1, 0.15) is 0 Å². The molecule has 4 nitrogen and oxygen atoms in total. The minimum absolute atomic E-state index is 0.0379. The van der Waals surface area contributed by atoms with Gasteiger partial charge >= 0.3 is 0 Å². The van der Waals surface area contributed by atoms with Gasteiger partial charge in [0.15, 0.2) is 5.11 Å². The number of hydrogen-bond acceptors (Lipinski definition) is 2. The summed E-state index contributed by atoms with van der Waals surface area (Å²) in [6.07, 6.45) is 0. The fourth-order valence-corrected chi connectivity index (χ4v) is 1.49. The van der Waals surface area contributed by atoms with Crippen molar-refractivity contribution in [2.24, 2.45) is 5.73 Å². The summed E-state index contributed by atoms with van der Waals surface area (Å²) in [6.45, 7) is 1.86. The van der Waals surface area contributed by atoms with Crippen LogP contribution in [0.2, 0.25) is 0 Å². The van der Waals surface area contributed by atoms with Crippen LogP contribution >= 0.6 is 12.2 Å². The van der Waals surface area contributed by atoms with Gasteiger partial charge in [0.05, 0.1) is 0 Å². The first-order chi connectivity index (χ1) is 7.43. The number of nitrogens with zero attached hydrogens (tertiary/aromatic N) is 1. The highest BCUT2D eigenvalue weighted by Crippen LogP contribution is 2.19. The zero-order chi connectivity index (χ0) is 12.3. The maximum Gasteiger partial charge on any atom is 0.253 e. The topological polar surface area (TPSA) is 58.4 Å². The Morgan fingerprint density at radius 3 is 2.56 bits per heavy atom. The molecule has 1 amide bonds. The Morgan fingerprint density at radius 1 is 1.44 bits per heavy atom. The Bertz CT molecular complexity index is 429. The molecule has 0 aromatic heterocycles. The third-order valence-electron chi connectivity index (χ3n) is 2.23. The van der Waals surface area contributed by atoms with Crippen LogP contribution in [0.1, 0.15) is 15.9 Å². The second-order valence-corrected chi connectivity index (χ2v) is 4.11. The fraction of sp³-hybridized carbons (Fsp3) is 0.273. The van der Waals surface area contributed by atoms with Gasteiger partial charge in [-0.2, -0.15) is 0 Å². The third kappa shape index (κ3) is 2.70. The molecule has 1 rings (SSSR count). The van der Waals surface area contributed by atoms with E-state index in [1.54, 1.807) is 26.2 Å². The maximum absolute atomic E-state index is 11.8. The van der Waals surface area contributed by atoms with Crippen molar-refractivity contribution in [2.45, 2.75) is 6.92 Å². The van der Waals surface area contributed by atoms with E-state index >= 15 is 0 Å². The van der Waals surface area contributed by atoms with Crippen LogP contribution in [-0.2, 0) is 0 Å². The van der Waals surface area contributed by atoms with Gasteiger partial charge in [-0.15, -0.1) is 0 Å². The summed E-state index contributed by atoms with van der Waals surface area (Å²) < 4.78 is 0. The van der Waals surface area contributed by atoms with E-state index in [2.05, 4.69) is 5.32 Å². The number of nitrogens with one attached hydrogen (secondary N) is 1. The molecular formula is C11H15N3OS. The Balaban J connectivity index is 3.13. The number of benzene rings is 1. The van der Waals surface area contributed by atoms with Crippen molar-refractivity contribution < 1.29 is 4.79 Å². The molecule has 0 fully saturated rings. The Labute approximate surface area is 100 Å². The molecule has 0 unspecified atom stereocenters. The van der Waals surface area contributed by atoms with Gasteiger partial charge in [-0.05, 0) is 36.8 Å². The molecule has 0 saturated carbocycles. The first-order valence-electron chi connectivity index (χ1n) is 4.81. The highest BCUT2D eigenvalue weighted by Gasteiger charge is 2.13. The first-order valence-corrected chi connectivity index (χ1v) is 5.22. The van der Waals surface area contributed by atoms with Crippen LogP contribution in [0.4, 0.5) is 5.69 Å². The molecule has 0 aliphatic rings. The molecule has 0 heterocycles. The molecule has 1 aromatic carbocycles. The number of carbonyl (C=O) groups excluding carboxylic acids is 1. The molecule has 5 heteroatoms. The van der Waals surface area contributed by atoms with Gasteiger partial charge in [0, 0.05) is 25.3 Å². The Morgan fingerprint density at radius 2 is 2.06 bits per heavy atom. The van der Waals surface area contributed by atoms with Crippen LogP contribution < -0.4 is 11.1 Å². The van der Waals surface area contributed by atoms with Gasteiger partial charge in [0.25, 0.3) is 5.91 Å². The smallest absolute Gasteiger partial charge is 0.253 e. The highest BCUT2D eigenvalue weighted by molar-refractivity contribution is 7.80. The second kappa shape index (κ2) is 4.94. The number of anilines is 1. The molecular weight excluding hydrogens is 222 g/mol. The predicted octanol–water partition coefficient (Wildman–Crippen LogP) is 1.35. The Hall–Kier alpha value is -1.62. The average molecular weight is 237 g/mol. The van der Waals surface area contributed by atoms with E-state index in [9.17, 15) is 4.79 Å². The zero-order valence-electron chi connectivity index (χ0n) is 9.57. The summed E-state index contributed by atoms with van der Waals surface area (Å²) in [5.41, 5.74) is 7.65. The normalized spacial score (nSPS) is 9.69. The molecule has 86 valence electrons. The molecule has 0 spiro atoms. The van der Waals surface area contributed by atoms with Crippen LogP contribution in [0, 0.1) is 6.92 Å². The van der Waals surface area contributed by atoms with Crippen molar-refractivity contribution in [3.63, 3.8) is 0 Å². The number of nitrogens with two attached hydrogens (primary N) is 1. The molecule has 3 N–H and O–H groups in total. The summed E-state index contributed by atoms with van der Waals surface area (Å²) in [6, 6.07) is 5.41. The SMILES string of the molecule is Cc1c(NC(N)=S)cccc1C(=O)N(C)C. The fourth-order valence-electron chi connectivity index (χ4n) is 1.38. The van der Waals surface area contributed by atoms with E-state index in [1.807, 2.05) is 13.0 Å². The second-order valence-electron chi connectivity index (χ2n) is 3.67. The maximum atomic E-state index is 11.8. The lowest BCUT2D eigenvalue weighted by Crippen LogP contribution is -2.24.